The molecule has 0 aliphatic carbocycles. The molecule has 0 bridgehead atoms. The van der Waals surface area contributed by atoms with Crippen molar-refractivity contribution in [2.45, 2.75) is 13.1 Å². The fourth-order valence-electron chi connectivity index (χ4n) is 3.87. The number of hydrogen-bond acceptors (Lipinski definition) is 4. The second-order valence-electron chi connectivity index (χ2n) is 7.80. The molecule has 4 aromatic rings. The van der Waals surface area contributed by atoms with Crippen LogP contribution in [0.1, 0.15) is 31.8 Å². The highest BCUT2D eigenvalue weighted by atomic mass is 35.5. The Morgan fingerprint density at radius 2 is 1.63 bits per heavy atom. The van der Waals surface area contributed by atoms with Crippen molar-refractivity contribution < 1.29 is 14.3 Å². The number of halogens is 2. The number of hydrogen-bond donors (Lipinski definition) is 1. The van der Waals surface area contributed by atoms with Gasteiger partial charge in [-0.25, -0.2) is 0 Å². The number of para-hydroxylation sites is 1. The average Bonchev–Trinajstić information content (AvgIpc) is 3.04. The van der Waals surface area contributed by atoms with Crippen LogP contribution >= 0.6 is 24.0 Å². The van der Waals surface area contributed by atoms with Gasteiger partial charge in [0, 0.05) is 29.5 Å². The van der Waals surface area contributed by atoms with E-state index in [4.69, 9.17) is 16.3 Å². The predicted octanol–water partition coefficient (Wildman–Crippen LogP) is 6.04. The number of nitrogens with one attached hydrogen (secondary N) is 1. The van der Waals surface area contributed by atoms with Gasteiger partial charge in [0.05, 0.1) is 23.4 Å². The molecule has 0 fully saturated rings. The fraction of sp³-hybridized carbons (Fsp3) is 0.0741. The van der Waals surface area contributed by atoms with Crippen LogP contribution < -0.4 is 15.0 Å². The third-order valence-electron chi connectivity index (χ3n) is 5.58. The van der Waals surface area contributed by atoms with E-state index in [2.05, 4.69) is 10.3 Å². The summed E-state index contributed by atoms with van der Waals surface area (Å²) in [4.78, 5) is 32.5. The van der Waals surface area contributed by atoms with Crippen LogP contribution in [0.2, 0.25) is 5.02 Å². The molecule has 5 rings (SSSR count). The summed E-state index contributed by atoms with van der Waals surface area (Å²) in [5.74, 6) is 0.532. The summed E-state index contributed by atoms with van der Waals surface area (Å²) in [6, 6.07) is 23.2. The molecular formula is C27H21Cl2N3O3. The Morgan fingerprint density at radius 1 is 0.914 bits per heavy atom. The number of benzene rings is 3. The number of ether oxygens (including phenoxy) is 1. The Morgan fingerprint density at radius 3 is 2.43 bits per heavy atom. The van der Waals surface area contributed by atoms with E-state index in [-0.39, 0.29) is 30.8 Å². The molecule has 0 radical (unpaired) electrons. The Balaban J connectivity index is 0.00000289. The highest BCUT2D eigenvalue weighted by Gasteiger charge is 2.28. The van der Waals surface area contributed by atoms with Crippen molar-refractivity contribution in [2.24, 2.45) is 0 Å². The second-order valence-corrected chi connectivity index (χ2v) is 8.23. The summed E-state index contributed by atoms with van der Waals surface area (Å²) in [6.45, 7) is 0.600. The van der Waals surface area contributed by atoms with Crippen molar-refractivity contribution in [3.05, 3.63) is 119 Å². The van der Waals surface area contributed by atoms with E-state index in [1.54, 1.807) is 59.8 Å². The summed E-state index contributed by atoms with van der Waals surface area (Å²) >= 11 is 6.28. The number of fused-ring (bicyclic) bond motifs is 2. The lowest BCUT2D eigenvalue weighted by molar-refractivity contribution is 0.0930. The maximum absolute atomic E-state index is 13.9. The van der Waals surface area contributed by atoms with Crippen LogP contribution in [0.4, 0.5) is 5.69 Å². The summed E-state index contributed by atoms with van der Waals surface area (Å²) in [7, 11) is 0. The minimum atomic E-state index is -0.335. The van der Waals surface area contributed by atoms with E-state index in [9.17, 15) is 9.59 Å². The van der Waals surface area contributed by atoms with Crippen molar-refractivity contribution in [1.29, 1.82) is 0 Å². The molecule has 0 saturated carbocycles. The molecule has 0 spiro atoms. The standard InChI is InChI=1S/C27H20ClN3O3.ClH/c28-20-9-10-25-23(15-20)31(17-19-5-1-4-8-24(19)34-25)27(33)22-7-3-2-6-21(22)26(32)30-16-18-11-13-29-14-12-18;/h1-15H,16-17H2,(H,30,32);1H. The quantitative estimate of drug-likeness (QED) is 0.367. The Labute approximate surface area is 213 Å². The van der Waals surface area contributed by atoms with Gasteiger partial charge in [-0.05, 0) is 54.1 Å². The first-order chi connectivity index (χ1) is 16.6. The van der Waals surface area contributed by atoms with Crippen molar-refractivity contribution in [1.82, 2.24) is 10.3 Å². The maximum atomic E-state index is 13.9. The molecule has 1 aliphatic rings. The van der Waals surface area contributed by atoms with E-state index in [1.165, 1.54) is 0 Å². The van der Waals surface area contributed by atoms with Crippen LogP contribution in [0.3, 0.4) is 0 Å². The molecule has 176 valence electrons. The van der Waals surface area contributed by atoms with Gasteiger partial charge >= 0.3 is 0 Å². The van der Waals surface area contributed by atoms with E-state index >= 15 is 0 Å². The Hall–Kier alpha value is -3.87. The van der Waals surface area contributed by atoms with Gasteiger partial charge in [-0.15, -0.1) is 12.4 Å². The smallest absolute Gasteiger partial charge is 0.259 e. The van der Waals surface area contributed by atoms with E-state index in [0.717, 1.165) is 11.1 Å². The van der Waals surface area contributed by atoms with Crippen LogP contribution in [-0.4, -0.2) is 16.8 Å². The number of anilines is 1. The van der Waals surface area contributed by atoms with Gasteiger partial charge < -0.3 is 15.0 Å². The molecule has 3 aromatic carbocycles. The van der Waals surface area contributed by atoms with E-state index in [0.29, 0.717) is 39.9 Å². The lowest BCUT2D eigenvalue weighted by Gasteiger charge is -2.23. The molecular weight excluding hydrogens is 485 g/mol. The monoisotopic (exact) mass is 505 g/mol. The minimum absolute atomic E-state index is 0. The molecule has 1 aliphatic heterocycles. The number of rotatable bonds is 4. The second kappa shape index (κ2) is 10.6. The van der Waals surface area contributed by atoms with Gasteiger partial charge in [0.15, 0.2) is 5.75 Å². The molecule has 0 saturated heterocycles. The molecule has 0 atom stereocenters. The topological polar surface area (TPSA) is 71.5 Å². The number of carbonyl (C=O) groups excluding carboxylic acids is 2. The van der Waals surface area contributed by atoms with Crippen LogP contribution in [0.25, 0.3) is 0 Å². The van der Waals surface area contributed by atoms with E-state index < -0.39 is 0 Å². The van der Waals surface area contributed by atoms with Crippen LogP contribution in [-0.2, 0) is 13.1 Å². The lowest BCUT2D eigenvalue weighted by atomic mass is 10.0. The van der Waals surface area contributed by atoms with Gasteiger partial charge in [0.25, 0.3) is 11.8 Å². The Bertz CT molecular complexity index is 1380. The first-order valence-corrected chi connectivity index (χ1v) is 11.1. The number of pyridine rings is 1. The predicted molar refractivity (Wildman–Crippen MR) is 138 cm³/mol. The molecule has 2 amide bonds. The average molecular weight is 506 g/mol. The molecule has 1 aromatic heterocycles. The van der Waals surface area contributed by atoms with Crippen LogP contribution in [0.15, 0.2) is 91.3 Å². The highest BCUT2D eigenvalue weighted by Crippen LogP contribution is 2.41. The number of aromatic nitrogens is 1. The van der Waals surface area contributed by atoms with Gasteiger partial charge in [0.2, 0.25) is 0 Å². The first-order valence-electron chi connectivity index (χ1n) is 10.7. The number of nitrogens with zero attached hydrogens (tertiary/aromatic N) is 2. The summed E-state index contributed by atoms with van der Waals surface area (Å²) in [5.41, 5.74) is 2.89. The van der Waals surface area contributed by atoms with Crippen molar-refractivity contribution >= 4 is 41.5 Å². The summed E-state index contributed by atoms with van der Waals surface area (Å²) < 4.78 is 6.10. The van der Waals surface area contributed by atoms with E-state index in [1.807, 2.05) is 36.4 Å². The molecule has 2 heterocycles. The SMILES string of the molecule is Cl.O=C(NCc1ccncc1)c1ccccc1C(=O)N1Cc2ccccc2Oc2ccc(Cl)cc21. The third kappa shape index (κ3) is 5.14. The lowest BCUT2D eigenvalue weighted by Crippen LogP contribution is -2.33. The zero-order valence-electron chi connectivity index (χ0n) is 18.5. The summed E-state index contributed by atoms with van der Waals surface area (Å²) in [5, 5.41) is 3.37. The zero-order valence-corrected chi connectivity index (χ0v) is 20.1. The molecule has 6 nitrogen and oxygen atoms in total. The minimum Gasteiger partial charge on any atom is -0.455 e. The third-order valence-corrected chi connectivity index (χ3v) is 5.82. The van der Waals surface area contributed by atoms with Gasteiger partial charge in [-0.1, -0.05) is 41.9 Å². The fourth-order valence-corrected chi connectivity index (χ4v) is 4.03. The summed E-state index contributed by atoms with van der Waals surface area (Å²) in [6.07, 6.45) is 3.33. The van der Waals surface area contributed by atoms with Gasteiger partial charge in [0.1, 0.15) is 5.75 Å². The Kier molecular flexibility index (Phi) is 7.34. The molecule has 8 heteroatoms. The van der Waals surface area contributed by atoms with Crippen molar-refractivity contribution in [2.75, 3.05) is 4.90 Å². The largest absolute Gasteiger partial charge is 0.455 e. The first kappa shape index (κ1) is 24.3. The zero-order chi connectivity index (χ0) is 23.5. The van der Waals surface area contributed by atoms with Crippen molar-refractivity contribution in [3.63, 3.8) is 0 Å². The van der Waals surface area contributed by atoms with Crippen LogP contribution in [0.5, 0.6) is 11.5 Å². The number of amides is 2. The maximum Gasteiger partial charge on any atom is 0.259 e. The molecule has 0 unspecified atom stereocenters. The van der Waals surface area contributed by atoms with Gasteiger partial charge in [-0.3, -0.25) is 14.6 Å². The molecule has 1 N–H and O–H groups in total. The van der Waals surface area contributed by atoms with Crippen LogP contribution in [0, 0.1) is 0 Å². The van der Waals surface area contributed by atoms with Crippen molar-refractivity contribution in [3.8, 4) is 11.5 Å². The normalized spacial score (nSPS) is 11.7. The van der Waals surface area contributed by atoms with Gasteiger partial charge in [-0.2, -0.15) is 0 Å². The molecule has 35 heavy (non-hydrogen) atoms. The highest BCUT2D eigenvalue weighted by molar-refractivity contribution is 6.31. The number of carbonyl (C=O) groups is 2.